The fourth-order valence-corrected chi connectivity index (χ4v) is 17.6. The van der Waals surface area contributed by atoms with Crippen molar-refractivity contribution in [2.24, 2.45) is 0 Å². The first-order valence-corrected chi connectivity index (χ1v) is 35.2. The molecule has 0 aliphatic carbocycles. The predicted molar refractivity (Wildman–Crippen MR) is 364 cm³/mol. The second-order valence-electron chi connectivity index (χ2n) is 23.3. The fourth-order valence-electron chi connectivity index (χ4n) is 12.3. The lowest BCUT2D eigenvalue weighted by molar-refractivity contribution is 0.0745. The Kier molecular flexibility index (Phi) is 22.3. The average Bonchev–Trinajstić information content (AvgIpc) is 0.815. The van der Waals surface area contributed by atoms with Crippen LogP contribution in [0, 0.1) is 0 Å². The molecule has 20 heteroatoms. The molecule has 2 amide bonds. The second kappa shape index (κ2) is 30.8. The summed E-state index contributed by atoms with van der Waals surface area (Å²) in [7, 11) is -3.45. The number of fused-ring (bicyclic) bond motifs is 3. The standard InChI is InChI=1S/C25H26N2O4S.C25H28N2O3S.C24H24N2O4S/c1-26-18-21(16-19-10-4-3-5-11-19)27(17-20-12-6-7-13-22(20)25(26)28)32(29,30)24-15-9-8-14-23(24)31-2;1-26-17-21-12-6-7-13-22(21)18-27(23(19-26)16-20-10-4-3-5-11-20)31(28,29)25-15-9-8-14-24(25)30-2;1-30-22-13-7-8-14-23(22)31(28,29)26-17-19-11-5-6-12-21(19)24(27)25-16-20(26)15-18-9-3-2-4-10-18/h3-15,21H,16-18H2,1-2H3;3-15,23H,16-19H2,1-2H3;2-14,20H,15-17H2,1H3,(H,25,27). The highest BCUT2D eigenvalue weighted by molar-refractivity contribution is 7.89. The first-order chi connectivity index (χ1) is 45.4. The minimum absolute atomic E-state index is 0.0987. The smallest absolute Gasteiger partial charge is 0.253 e. The minimum Gasteiger partial charge on any atom is -0.495 e. The van der Waals surface area contributed by atoms with E-state index in [9.17, 15) is 34.8 Å². The van der Waals surface area contributed by atoms with Gasteiger partial charge in [0.05, 0.1) is 21.3 Å². The Morgan fingerprint density at radius 3 is 1.13 bits per heavy atom. The molecule has 0 saturated carbocycles. The van der Waals surface area contributed by atoms with Gasteiger partial charge in [0.1, 0.15) is 31.9 Å². The molecule has 3 aliphatic heterocycles. The molecular weight excluding hydrogens is 1250 g/mol. The zero-order valence-corrected chi connectivity index (χ0v) is 55.7. The number of carbonyl (C=O) groups excluding carboxylic acids is 2. The molecule has 9 aromatic carbocycles. The molecule has 17 nitrogen and oxygen atoms in total. The lowest BCUT2D eigenvalue weighted by Gasteiger charge is -2.37. The van der Waals surface area contributed by atoms with Gasteiger partial charge in [0.25, 0.3) is 11.8 Å². The molecule has 488 valence electrons. The summed E-state index contributed by atoms with van der Waals surface area (Å²) in [6, 6.07) is 70.9. The summed E-state index contributed by atoms with van der Waals surface area (Å²) in [5.41, 5.74) is 7.67. The topological polar surface area (TPSA) is 192 Å². The number of methoxy groups -OCH3 is 3. The Balaban J connectivity index is 0.000000154. The first-order valence-electron chi connectivity index (χ1n) is 30.9. The van der Waals surface area contributed by atoms with E-state index < -0.39 is 42.2 Å². The largest absolute Gasteiger partial charge is 0.495 e. The van der Waals surface area contributed by atoms with Crippen molar-refractivity contribution in [1.29, 1.82) is 0 Å². The summed E-state index contributed by atoms with van der Waals surface area (Å²) < 4.78 is 104. The Morgan fingerprint density at radius 2 is 0.691 bits per heavy atom. The van der Waals surface area contributed by atoms with Crippen LogP contribution >= 0.6 is 0 Å². The highest BCUT2D eigenvalue weighted by Crippen LogP contribution is 2.36. The number of hydrogen-bond acceptors (Lipinski definition) is 12. The summed E-state index contributed by atoms with van der Waals surface area (Å²) in [5.74, 6) is 0.659. The molecule has 1 N–H and O–H groups in total. The summed E-state index contributed by atoms with van der Waals surface area (Å²) in [4.78, 5) is 30.0. The van der Waals surface area contributed by atoms with Crippen molar-refractivity contribution >= 4 is 41.9 Å². The van der Waals surface area contributed by atoms with Gasteiger partial charge in [-0.15, -0.1) is 0 Å². The van der Waals surface area contributed by atoms with Gasteiger partial charge in [-0.25, -0.2) is 25.3 Å². The molecule has 0 bridgehead atoms. The third kappa shape index (κ3) is 15.8. The van der Waals surface area contributed by atoms with Crippen molar-refractivity contribution in [3.05, 3.63) is 287 Å². The van der Waals surface area contributed by atoms with Crippen LogP contribution in [0.1, 0.15) is 59.7 Å². The third-order valence-corrected chi connectivity index (χ3v) is 22.8. The zero-order valence-electron chi connectivity index (χ0n) is 53.3. The monoisotopic (exact) mass is 1320 g/mol. The number of amides is 2. The van der Waals surface area contributed by atoms with Crippen molar-refractivity contribution in [1.82, 2.24) is 28.0 Å². The van der Waals surface area contributed by atoms with Gasteiger partial charge in [-0.2, -0.15) is 12.9 Å². The molecule has 0 saturated heterocycles. The van der Waals surface area contributed by atoms with Gasteiger partial charge in [0.15, 0.2) is 0 Å². The molecule has 3 aliphatic rings. The molecule has 12 rings (SSSR count). The van der Waals surface area contributed by atoms with E-state index in [-0.39, 0.29) is 58.7 Å². The van der Waals surface area contributed by atoms with Gasteiger partial charge >= 0.3 is 0 Å². The Labute approximate surface area is 552 Å². The fraction of sp³-hybridized carbons (Fsp3) is 0.243. The Bertz CT molecular complexity index is 4420. The molecule has 3 heterocycles. The van der Waals surface area contributed by atoms with Crippen molar-refractivity contribution in [3.63, 3.8) is 0 Å². The number of para-hydroxylation sites is 3. The van der Waals surface area contributed by atoms with Crippen LogP contribution in [0.25, 0.3) is 0 Å². The van der Waals surface area contributed by atoms with Gasteiger partial charge in [-0.3, -0.25) is 9.59 Å². The van der Waals surface area contributed by atoms with E-state index in [1.165, 1.54) is 29.9 Å². The van der Waals surface area contributed by atoms with Crippen LogP contribution in [0.3, 0.4) is 0 Å². The van der Waals surface area contributed by atoms with Crippen molar-refractivity contribution in [3.8, 4) is 17.2 Å². The first kappa shape index (κ1) is 67.9. The van der Waals surface area contributed by atoms with Crippen molar-refractivity contribution in [2.75, 3.05) is 55.1 Å². The average molecular weight is 1320 g/mol. The number of benzene rings is 9. The number of sulfonamides is 3. The number of nitrogens with zero attached hydrogens (tertiary/aromatic N) is 5. The molecule has 0 spiro atoms. The maximum Gasteiger partial charge on any atom is 0.253 e. The number of carbonyl (C=O) groups is 2. The van der Waals surface area contributed by atoms with E-state index in [0.717, 1.165) is 34.4 Å². The van der Waals surface area contributed by atoms with Gasteiger partial charge in [0.2, 0.25) is 30.1 Å². The van der Waals surface area contributed by atoms with Crippen LogP contribution in [-0.2, 0) is 75.5 Å². The number of ether oxygens (including phenoxy) is 3. The summed E-state index contributed by atoms with van der Waals surface area (Å²) in [5, 5.41) is 2.92. The van der Waals surface area contributed by atoms with Crippen molar-refractivity contribution < 1.29 is 49.1 Å². The van der Waals surface area contributed by atoms with Gasteiger partial charge in [-0.05, 0) is 114 Å². The van der Waals surface area contributed by atoms with Crippen molar-refractivity contribution in [2.45, 2.75) is 78.3 Å². The van der Waals surface area contributed by atoms with E-state index in [4.69, 9.17) is 14.2 Å². The molecule has 94 heavy (non-hydrogen) atoms. The molecule has 3 unspecified atom stereocenters. The van der Waals surface area contributed by atoms with E-state index in [0.29, 0.717) is 71.9 Å². The highest BCUT2D eigenvalue weighted by atomic mass is 32.2. The number of hydrogen-bond donors (Lipinski definition) is 1. The van der Waals surface area contributed by atoms with Crippen LogP contribution in [0.2, 0.25) is 0 Å². The lowest BCUT2D eigenvalue weighted by Crippen LogP contribution is -2.50. The minimum atomic E-state index is -3.93. The van der Waals surface area contributed by atoms with Crippen LogP contribution < -0.4 is 19.5 Å². The summed E-state index contributed by atoms with van der Waals surface area (Å²) >= 11 is 0. The van der Waals surface area contributed by atoms with E-state index in [1.807, 2.05) is 122 Å². The highest BCUT2D eigenvalue weighted by Gasteiger charge is 2.40. The van der Waals surface area contributed by atoms with Gasteiger partial charge in [0, 0.05) is 82.1 Å². The molecule has 0 fully saturated rings. The van der Waals surface area contributed by atoms with Gasteiger partial charge < -0.3 is 29.3 Å². The number of nitrogens with one attached hydrogen (secondary N) is 1. The second-order valence-corrected chi connectivity index (χ2v) is 28.9. The third-order valence-electron chi connectivity index (χ3n) is 17.0. The van der Waals surface area contributed by atoms with Crippen LogP contribution in [0.15, 0.2) is 251 Å². The van der Waals surface area contributed by atoms with Gasteiger partial charge in [-0.1, -0.05) is 188 Å². The van der Waals surface area contributed by atoms with Crippen LogP contribution in [0.4, 0.5) is 0 Å². The summed E-state index contributed by atoms with van der Waals surface area (Å²) in [6.45, 7) is 2.45. The molecule has 9 aromatic rings. The normalized spacial score (nSPS) is 17.5. The van der Waals surface area contributed by atoms with E-state index >= 15 is 0 Å². The number of likely N-dealkylation sites (N-methyl/N-ethyl adjacent to an activating group) is 2. The van der Waals surface area contributed by atoms with Crippen LogP contribution in [-0.4, -0.2) is 133 Å². The Morgan fingerprint density at radius 1 is 0.372 bits per heavy atom. The molecular formula is C74H78N6O11S3. The zero-order chi connectivity index (χ0) is 66.4. The van der Waals surface area contributed by atoms with Crippen LogP contribution in [0.5, 0.6) is 17.2 Å². The van der Waals surface area contributed by atoms with E-state index in [1.54, 1.807) is 119 Å². The summed E-state index contributed by atoms with van der Waals surface area (Å²) in [6.07, 6.45) is 1.59. The predicted octanol–water partition coefficient (Wildman–Crippen LogP) is 10.8. The lowest BCUT2D eigenvalue weighted by atomic mass is 10.0. The molecule has 0 radical (unpaired) electrons. The maximum atomic E-state index is 14.0. The Hall–Kier alpha value is -8.99. The molecule has 0 aromatic heterocycles. The molecule has 3 atom stereocenters. The number of rotatable bonds is 15. The maximum absolute atomic E-state index is 14.0. The van der Waals surface area contributed by atoms with E-state index in [2.05, 4.69) is 28.4 Å². The quantitative estimate of drug-likeness (QED) is 0.102. The SMILES string of the molecule is COc1ccccc1S(=O)(=O)N1Cc2ccccc2C(=O)N(C)CC1Cc1ccccc1.COc1ccccc1S(=O)(=O)N1Cc2ccccc2C(=O)NCC1Cc1ccccc1.COc1ccccc1S(=O)(=O)N1Cc2ccccc2CN(C)CC1Cc1ccccc1.